The lowest BCUT2D eigenvalue weighted by Gasteiger charge is -2.19. The van der Waals surface area contributed by atoms with Crippen LogP contribution in [-0.4, -0.2) is 34.6 Å². The molecule has 0 atom stereocenters. The fraction of sp³-hybridized carbons (Fsp3) is 0.350. The quantitative estimate of drug-likeness (QED) is 0.711. The molecule has 2 rings (SSSR count). The molecule has 0 aliphatic heterocycles. The first-order chi connectivity index (χ1) is 12.6. The van der Waals surface area contributed by atoms with Gasteiger partial charge in [-0.15, -0.1) is 0 Å². The average molecular weight is 391 g/mol. The third-order valence-corrected chi connectivity index (χ3v) is 5.47. The average Bonchev–Trinajstić information content (AvgIpc) is 2.61. The molecule has 1 amide bonds. The van der Waals surface area contributed by atoms with Gasteiger partial charge in [0.2, 0.25) is 10.0 Å². The first-order valence-corrected chi connectivity index (χ1v) is 10.1. The van der Waals surface area contributed by atoms with E-state index in [2.05, 4.69) is 30.8 Å². The van der Waals surface area contributed by atoms with Crippen LogP contribution in [0.3, 0.4) is 0 Å². The summed E-state index contributed by atoms with van der Waals surface area (Å²) in [7, 11) is -2.20. The fourth-order valence-corrected chi connectivity index (χ4v) is 3.48. The van der Waals surface area contributed by atoms with E-state index in [-0.39, 0.29) is 34.9 Å². The number of carbonyl (C=O) groups is 1. The number of ether oxygens (including phenoxy) is 1. The zero-order valence-corrected chi connectivity index (χ0v) is 16.9. The highest BCUT2D eigenvalue weighted by Gasteiger charge is 2.17. The Morgan fingerprint density at radius 3 is 2.33 bits per heavy atom. The summed E-state index contributed by atoms with van der Waals surface area (Å²) >= 11 is 0. The van der Waals surface area contributed by atoms with Crippen molar-refractivity contribution in [3.63, 3.8) is 0 Å². The predicted molar refractivity (Wildman–Crippen MR) is 107 cm³/mol. The SMILES string of the molecule is COCCNS(=O)(=O)c1cccc(C(=O)Nc2ccc(C(C)(C)C)cc2)c1. The molecule has 0 saturated carbocycles. The maximum Gasteiger partial charge on any atom is 0.255 e. The maximum absolute atomic E-state index is 12.5. The molecule has 27 heavy (non-hydrogen) atoms. The molecule has 2 aromatic carbocycles. The molecule has 6 nitrogen and oxygen atoms in total. The number of hydrogen-bond donors (Lipinski definition) is 2. The molecular weight excluding hydrogens is 364 g/mol. The Balaban J connectivity index is 2.13. The van der Waals surface area contributed by atoms with Crippen LogP contribution < -0.4 is 10.0 Å². The van der Waals surface area contributed by atoms with E-state index in [9.17, 15) is 13.2 Å². The Labute approximate surface area is 161 Å². The highest BCUT2D eigenvalue weighted by atomic mass is 32.2. The largest absolute Gasteiger partial charge is 0.383 e. The predicted octanol–water partition coefficient (Wildman–Crippen LogP) is 3.16. The van der Waals surface area contributed by atoms with Crippen molar-refractivity contribution in [1.82, 2.24) is 4.72 Å². The van der Waals surface area contributed by atoms with Crippen molar-refractivity contribution in [2.75, 3.05) is 25.6 Å². The minimum absolute atomic E-state index is 0.0288. The molecule has 0 radical (unpaired) electrons. The van der Waals surface area contributed by atoms with E-state index in [0.717, 1.165) is 5.56 Å². The van der Waals surface area contributed by atoms with Crippen LogP contribution in [0, 0.1) is 0 Å². The smallest absolute Gasteiger partial charge is 0.255 e. The molecule has 0 spiro atoms. The number of anilines is 1. The van der Waals surface area contributed by atoms with E-state index in [1.165, 1.54) is 19.2 Å². The van der Waals surface area contributed by atoms with Crippen LogP contribution in [0.25, 0.3) is 0 Å². The molecule has 0 saturated heterocycles. The van der Waals surface area contributed by atoms with Gasteiger partial charge in [0.25, 0.3) is 5.91 Å². The number of sulfonamides is 1. The van der Waals surface area contributed by atoms with Crippen molar-refractivity contribution in [2.45, 2.75) is 31.1 Å². The molecule has 7 heteroatoms. The Bertz CT molecular complexity index is 885. The topological polar surface area (TPSA) is 84.5 Å². The molecule has 0 unspecified atom stereocenters. The lowest BCUT2D eigenvalue weighted by molar-refractivity contribution is 0.102. The number of hydrogen-bond acceptors (Lipinski definition) is 4. The summed E-state index contributed by atoms with van der Waals surface area (Å²) in [4.78, 5) is 12.5. The van der Waals surface area contributed by atoms with E-state index in [1.807, 2.05) is 24.3 Å². The van der Waals surface area contributed by atoms with Gasteiger partial charge in [-0.1, -0.05) is 39.0 Å². The van der Waals surface area contributed by atoms with E-state index >= 15 is 0 Å². The molecule has 146 valence electrons. The number of rotatable bonds is 7. The van der Waals surface area contributed by atoms with Gasteiger partial charge in [0.15, 0.2) is 0 Å². The van der Waals surface area contributed by atoms with E-state index in [0.29, 0.717) is 5.69 Å². The maximum atomic E-state index is 12.5. The van der Waals surface area contributed by atoms with Crippen molar-refractivity contribution >= 4 is 21.6 Å². The molecule has 0 fully saturated rings. The lowest BCUT2D eigenvalue weighted by atomic mass is 9.87. The second-order valence-electron chi connectivity index (χ2n) is 7.20. The summed E-state index contributed by atoms with van der Waals surface area (Å²) in [6.45, 7) is 6.78. The van der Waals surface area contributed by atoms with Gasteiger partial charge in [0.1, 0.15) is 0 Å². The molecule has 0 bridgehead atoms. The van der Waals surface area contributed by atoms with Crippen molar-refractivity contribution in [2.24, 2.45) is 0 Å². The van der Waals surface area contributed by atoms with Crippen molar-refractivity contribution in [1.29, 1.82) is 0 Å². The van der Waals surface area contributed by atoms with Gasteiger partial charge >= 0.3 is 0 Å². The minimum Gasteiger partial charge on any atom is -0.383 e. The van der Waals surface area contributed by atoms with Gasteiger partial charge in [0, 0.05) is 24.9 Å². The van der Waals surface area contributed by atoms with E-state index in [4.69, 9.17) is 4.74 Å². The highest BCUT2D eigenvalue weighted by Crippen LogP contribution is 2.23. The summed E-state index contributed by atoms with van der Waals surface area (Å²) in [5, 5.41) is 2.79. The van der Waals surface area contributed by atoms with Crippen LogP contribution in [-0.2, 0) is 20.2 Å². The van der Waals surface area contributed by atoms with Crippen LogP contribution in [0.15, 0.2) is 53.4 Å². The van der Waals surface area contributed by atoms with E-state index < -0.39 is 10.0 Å². The van der Waals surface area contributed by atoms with Gasteiger partial charge in [-0.2, -0.15) is 0 Å². The minimum atomic E-state index is -3.69. The molecule has 0 aliphatic rings. The van der Waals surface area contributed by atoms with Gasteiger partial charge < -0.3 is 10.1 Å². The number of carbonyl (C=O) groups excluding carboxylic acids is 1. The summed E-state index contributed by atoms with van der Waals surface area (Å²) in [5.41, 5.74) is 2.11. The van der Waals surface area contributed by atoms with Crippen molar-refractivity contribution < 1.29 is 17.9 Å². The number of benzene rings is 2. The summed E-state index contributed by atoms with van der Waals surface area (Å²) < 4.78 is 31.8. The van der Waals surface area contributed by atoms with Crippen molar-refractivity contribution in [3.05, 3.63) is 59.7 Å². The van der Waals surface area contributed by atoms with Crippen LogP contribution in [0.1, 0.15) is 36.7 Å². The second kappa shape index (κ2) is 8.65. The van der Waals surface area contributed by atoms with Crippen LogP contribution >= 0.6 is 0 Å². The zero-order chi connectivity index (χ0) is 20.1. The standard InChI is InChI=1S/C20H26N2O4S/c1-20(2,3)16-8-10-17(11-9-16)22-19(23)15-6-5-7-18(14-15)27(24,25)21-12-13-26-4/h5-11,14,21H,12-13H2,1-4H3,(H,22,23). The summed E-state index contributed by atoms with van der Waals surface area (Å²) in [6.07, 6.45) is 0. The fourth-order valence-electron chi connectivity index (χ4n) is 2.42. The highest BCUT2D eigenvalue weighted by molar-refractivity contribution is 7.89. The molecule has 2 N–H and O–H groups in total. The summed E-state index contributed by atoms with van der Waals surface area (Å²) in [5.74, 6) is -0.368. The number of amides is 1. The molecule has 0 aliphatic carbocycles. The van der Waals surface area contributed by atoms with Gasteiger partial charge in [-0.3, -0.25) is 4.79 Å². The Morgan fingerprint density at radius 1 is 1.07 bits per heavy atom. The first kappa shape index (κ1) is 21.1. The lowest BCUT2D eigenvalue weighted by Crippen LogP contribution is -2.27. The number of methoxy groups -OCH3 is 1. The van der Waals surface area contributed by atoms with Crippen molar-refractivity contribution in [3.8, 4) is 0 Å². The zero-order valence-electron chi connectivity index (χ0n) is 16.1. The normalized spacial score (nSPS) is 12.0. The Kier molecular flexibility index (Phi) is 6.75. The summed E-state index contributed by atoms with van der Waals surface area (Å²) in [6, 6.07) is 13.5. The van der Waals surface area contributed by atoms with Gasteiger partial charge in [0.05, 0.1) is 11.5 Å². The molecule has 0 aromatic heterocycles. The number of nitrogens with one attached hydrogen (secondary N) is 2. The molecule has 0 heterocycles. The van der Waals surface area contributed by atoms with E-state index in [1.54, 1.807) is 12.1 Å². The van der Waals surface area contributed by atoms with Crippen LogP contribution in [0.5, 0.6) is 0 Å². The molecular formula is C20H26N2O4S. The van der Waals surface area contributed by atoms with Crippen LogP contribution in [0.4, 0.5) is 5.69 Å². The third-order valence-electron chi connectivity index (χ3n) is 4.01. The van der Waals surface area contributed by atoms with Gasteiger partial charge in [-0.25, -0.2) is 13.1 Å². The first-order valence-electron chi connectivity index (χ1n) is 8.64. The van der Waals surface area contributed by atoms with Crippen LogP contribution in [0.2, 0.25) is 0 Å². The molecule has 2 aromatic rings. The van der Waals surface area contributed by atoms with Gasteiger partial charge in [-0.05, 0) is 41.3 Å². The monoisotopic (exact) mass is 390 g/mol. The third kappa shape index (κ3) is 5.89. The second-order valence-corrected chi connectivity index (χ2v) is 8.97. The Hall–Kier alpha value is -2.22. The Morgan fingerprint density at radius 2 is 1.74 bits per heavy atom.